The Morgan fingerprint density at radius 3 is 2.10 bits per heavy atom. The van der Waals surface area contributed by atoms with Crippen LogP contribution in [0.5, 0.6) is 0 Å². The third-order valence-corrected chi connectivity index (χ3v) is 4.02. The lowest BCUT2D eigenvalue weighted by Gasteiger charge is -2.24. The number of carbonyl (C=O) groups is 4. The summed E-state index contributed by atoms with van der Waals surface area (Å²) in [5.41, 5.74) is -0.318. The number of rotatable bonds is 9. The van der Waals surface area contributed by atoms with Crippen molar-refractivity contribution in [2.24, 2.45) is 5.92 Å². The SMILES string of the molecule is COC(=O)[C@H](CNC(=O)[C@H](CC(C)C)NC(=O)c1ccccc1)NC(=O)OC(C)(C)C. The quantitative estimate of drug-likeness (QED) is 0.510. The molecular formula is C22H33N3O6. The maximum atomic E-state index is 12.8. The average Bonchev–Trinajstić information content (AvgIpc) is 2.68. The van der Waals surface area contributed by atoms with Crippen LogP contribution in [0.1, 0.15) is 51.4 Å². The van der Waals surface area contributed by atoms with Gasteiger partial charge in [-0.25, -0.2) is 9.59 Å². The molecule has 1 rings (SSSR count). The Morgan fingerprint density at radius 1 is 0.968 bits per heavy atom. The van der Waals surface area contributed by atoms with Crippen LogP contribution in [0.15, 0.2) is 30.3 Å². The molecule has 0 aliphatic carbocycles. The Labute approximate surface area is 183 Å². The standard InChI is InChI=1S/C22H33N3O6/c1-14(2)12-16(24-18(26)15-10-8-7-9-11-15)19(27)23-13-17(20(28)30-6)25-21(29)31-22(3,4)5/h7-11,14,16-17H,12-13H2,1-6H3,(H,23,27)(H,24,26)(H,25,29)/t16-,17-/m0/s1. The summed E-state index contributed by atoms with van der Waals surface area (Å²) in [4.78, 5) is 49.3. The molecule has 31 heavy (non-hydrogen) atoms. The number of methoxy groups -OCH3 is 1. The molecule has 3 N–H and O–H groups in total. The number of nitrogens with one attached hydrogen (secondary N) is 3. The minimum Gasteiger partial charge on any atom is -0.467 e. The lowest BCUT2D eigenvalue weighted by Crippen LogP contribution is -2.54. The monoisotopic (exact) mass is 435 g/mol. The van der Waals surface area contributed by atoms with Crippen LogP contribution in [-0.4, -0.2) is 55.2 Å². The molecule has 172 valence electrons. The van der Waals surface area contributed by atoms with Crippen molar-refractivity contribution >= 4 is 23.9 Å². The average molecular weight is 436 g/mol. The zero-order valence-corrected chi connectivity index (χ0v) is 19.0. The van der Waals surface area contributed by atoms with E-state index in [0.717, 1.165) is 0 Å². The van der Waals surface area contributed by atoms with Gasteiger partial charge in [0.2, 0.25) is 5.91 Å². The molecule has 9 heteroatoms. The molecule has 0 aliphatic heterocycles. The summed E-state index contributed by atoms with van der Waals surface area (Å²) in [6.45, 7) is 8.70. The van der Waals surface area contributed by atoms with Crippen LogP contribution in [-0.2, 0) is 19.1 Å². The molecule has 0 heterocycles. The highest BCUT2D eigenvalue weighted by molar-refractivity contribution is 5.97. The summed E-state index contributed by atoms with van der Waals surface area (Å²) in [7, 11) is 1.18. The summed E-state index contributed by atoms with van der Waals surface area (Å²) in [6, 6.07) is 6.60. The molecule has 3 amide bonds. The van der Waals surface area contributed by atoms with Crippen LogP contribution in [0, 0.1) is 5.92 Å². The number of hydrogen-bond donors (Lipinski definition) is 3. The van der Waals surface area contributed by atoms with Crippen LogP contribution < -0.4 is 16.0 Å². The number of hydrogen-bond acceptors (Lipinski definition) is 6. The molecule has 1 aromatic carbocycles. The Morgan fingerprint density at radius 2 is 1.58 bits per heavy atom. The van der Waals surface area contributed by atoms with Gasteiger partial charge in [0, 0.05) is 12.1 Å². The van der Waals surface area contributed by atoms with Crippen molar-refractivity contribution in [3.05, 3.63) is 35.9 Å². The maximum absolute atomic E-state index is 12.8. The number of esters is 1. The number of amides is 3. The first-order chi connectivity index (χ1) is 14.4. The fourth-order valence-electron chi connectivity index (χ4n) is 2.65. The molecule has 0 aromatic heterocycles. The highest BCUT2D eigenvalue weighted by Crippen LogP contribution is 2.08. The molecular weight excluding hydrogens is 402 g/mol. The molecule has 0 fully saturated rings. The predicted octanol–water partition coefficient (Wildman–Crippen LogP) is 2.01. The van der Waals surface area contributed by atoms with Gasteiger partial charge in [0.05, 0.1) is 7.11 Å². The molecule has 1 aromatic rings. The molecule has 0 saturated heterocycles. The summed E-state index contributed by atoms with van der Waals surface area (Å²) in [5, 5.41) is 7.72. The molecule has 0 radical (unpaired) electrons. The normalized spacial score (nSPS) is 13.0. The first-order valence-electron chi connectivity index (χ1n) is 10.1. The molecule has 0 aliphatic rings. The van der Waals surface area contributed by atoms with Crippen molar-refractivity contribution in [2.75, 3.05) is 13.7 Å². The van der Waals surface area contributed by atoms with Gasteiger partial charge in [0.1, 0.15) is 17.7 Å². The highest BCUT2D eigenvalue weighted by atomic mass is 16.6. The van der Waals surface area contributed by atoms with Crippen molar-refractivity contribution in [2.45, 2.75) is 58.7 Å². The van der Waals surface area contributed by atoms with Gasteiger partial charge in [-0.3, -0.25) is 9.59 Å². The van der Waals surface area contributed by atoms with Gasteiger partial charge >= 0.3 is 12.1 Å². The van der Waals surface area contributed by atoms with Crippen molar-refractivity contribution in [1.82, 2.24) is 16.0 Å². The van der Waals surface area contributed by atoms with E-state index in [9.17, 15) is 19.2 Å². The zero-order chi connectivity index (χ0) is 23.6. The fraction of sp³-hybridized carbons (Fsp3) is 0.545. The van der Waals surface area contributed by atoms with Gasteiger partial charge in [-0.2, -0.15) is 0 Å². The van der Waals surface area contributed by atoms with Crippen LogP contribution in [0.4, 0.5) is 4.79 Å². The number of carbonyl (C=O) groups excluding carboxylic acids is 4. The maximum Gasteiger partial charge on any atom is 0.408 e. The van der Waals surface area contributed by atoms with Crippen molar-refractivity contribution in [3.63, 3.8) is 0 Å². The fourth-order valence-corrected chi connectivity index (χ4v) is 2.65. The predicted molar refractivity (Wildman–Crippen MR) is 115 cm³/mol. The van der Waals surface area contributed by atoms with Crippen LogP contribution in [0.25, 0.3) is 0 Å². The lowest BCUT2D eigenvalue weighted by molar-refractivity contribution is -0.143. The van der Waals surface area contributed by atoms with E-state index in [1.165, 1.54) is 7.11 Å². The van der Waals surface area contributed by atoms with Crippen LogP contribution in [0.2, 0.25) is 0 Å². The van der Waals surface area contributed by atoms with E-state index in [-0.39, 0.29) is 18.4 Å². The Balaban J connectivity index is 2.80. The molecule has 2 atom stereocenters. The third kappa shape index (κ3) is 9.97. The van der Waals surface area contributed by atoms with Crippen molar-refractivity contribution in [3.8, 4) is 0 Å². The van der Waals surface area contributed by atoms with E-state index < -0.39 is 35.7 Å². The van der Waals surface area contributed by atoms with E-state index >= 15 is 0 Å². The van der Waals surface area contributed by atoms with E-state index in [2.05, 4.69) is 16.0 Å². The first-order valence-corrected chi connectivity index (χ1v) is 10.1. The summed E-state index contributed by atoms with van der Waals surface area (Å²) < 4.78 is 9.84. The molecule has 0 unspecified atom stereocenters. The number of ether oxygens (including phenoxy) is 2. The second-order valence-electron chi connectivity index (χ2n) is 8.49. The van der Waals surface area contributed by atoms with Crippen LogP contribution in [0.3, 0.4) is 0 Å². The first kappa shape index (κ1) is 25.9. The molecule has 0 spiro atoms. The molecule has 0 saturated carbocycles. The van der Waals surface area contributed by atoms with E-state index in [1.807, 2.05) is 13.8 Å². The van der Waals surface area contributed by atoms with Gasteiger partial charge in [-0.15, -0.1) is 0 Å². The number of benzene rings is 1. The van der Waals surface area contributed by atoms with Gasteiger partial charge in [0.15, 0.2) is 0 Å². The minimum atomic E-state index is -1.15. The largest absolute Gasteiger partial charge is 0.467 e. The summed E-state index contributed by atoms with van der Waals surface area (Å²) in [6.07, 6.45) is -0.416. The van der Waals surface area contributed by atoms with Crippen molar-refractivity contribution in [1.29, 1.82) is 0 Å². The van der Waals surface area contributed by atoms with E-state index in [1.54, 1.807) is 51.1 Å². The van der Waals surface area contributed by atoms with Gasteiger partial charge in [-0.05, 0) is 45.2 Å². The van der Waals surface area contributed by atoms with Crippen molar-refractivity contribution < 1.29 is 28.7 Å². The lowest BCUT2D eigenvalue weighted by atomic mass is 10.0. The Kier molecular flexibility index (Phi) is 9.98. The summed E-state index contributed by atoms with van der Waals surface area (Å²) >= 11 is 0. The Bertz CT molecular complexity index is 758. The van der Waals surface area contributed by atoms with Gasteiger partial charge in [0.25, 0.3) is 5.91 Å². The van der Waals surface area contributed by atoms with E-state index in [4.69, 9.17) is 9.47 Å². The Hall–Kier alpha value is -3.10. The second-order valence-corrected chi connectivity index (χ2v) is 8.49. The van der Waals surface area contributed by atoms with Crippen LogP contribution >= 0.6 is 0 Å². The zero-order valence-electron chi connectivity index (χ0n) is 19.0. The molecule has 9 nitrogen and oxygen atoms in total. The summed E-state index contributed by atoms with van der Waals surface area (Å²) in [5.74, 6) is -1.46. The highest BCUT2D eigenvalue weighted by Gasteiger charge is 2.28. The van der Waals surface area contributed by atoms with Gasteiger partial charge in [-0.1, -0.05) is 32.0 Å². The molecule has 0 bridgehead atoms. The second kappa shape index (κ2) is 11.9. The topological polar surface area (TPSA) is 123 Å². The minimum absolute atomic E-state index is 0.128. The van der Waals surface area contributed by atoms with E-state index in [0.29, 0.717) is 12.0 Å². The smallest absolute Gasteiger partial charge is 0.408 e. The number of alkyl carbamates (subject to hydrolysis) is 1. The van der Waals surface area contributed by atoms with Gasteiger partial charge < -0.3 is 25.4 Å². The third-order valence-electron chi connectivity index (χ3n) is 4.02.